The van der Waals surface area contributed by atoms with Gasteiger partial charge in [0.05, 0.1) is 7.11 Å². The summed E-state index contributed by atoms with van der Waals surface area (Å²) in [7, 11) is 1.63. The Kier molecular flexibility index (Phi) is 5.61. The van der Waals surface area contributed by atoms with E-state index < -0.39 is 11.3 Å². The minimum atomic E-state index is -1.96. The van der Waals surface area contributed by atoms with Crippen LogP contribution >= 0.6 is 0 Å². The van der Waals surface area contributed by atoms with Gasteiger partial charge in [-0.2, -0.15) is 0 Å². The molecule has 1 aromatic carbocycles. The van der Waals surface area contributed by atoms with Crippen LogP contribution in [0.4, 0.5) is 0 Å². The number of benzene rings is 1. The van der Waals surface area contributed by atoms with Crippen molar-refractivity contribution in [2.75, 3.05) is 7.11 Å². The van der Waals surface area contributed by atoms with Gasteiger partial charge in [0, 0.05) is 12.2 Å². The maximum atomic E-state index is 11.5. The van der Waals surface area contributed by atoms with E-state index in [9.17, 15) is 8.76 Å². The van der Waals surface area contributed by atoms with E-state index in [0.717, 1.165) is 37.0 Å². The predicted molar refractivity (Wildman–Crippen MR) is 81.5 cm³/mol. The van der Waals surface area contributed by atoms with Gasteiger partial charge in [0.25, 0.3) is 11.3 Å². The summed E-state index contributed by atoms with van der Waals surface area (Å²) in [5, 5.41) is 0. The van der Waals surface area contributed by atoms with Crippen LogP contribution < -0.4 is 4.74 Å². The molecule has 0 aliphatic heterocycles. The van der Waals surface area contributed by atoms with Gasteiger partial charge < -0.3 is 4.74 Å². The summed E-state index contributed by atoms with van der Waals surface area (Å²) in [4.78, 5) is 0. The Morgan fingerprint density at radius 2 is 1.90 bits per heavy atom. The van der Waals surface area contributed by atoms with E-state index in [1.807, 2.05) is 30.3 Å². The van der Waals surface area contributed by atoms with E-state index in [2.05, 4.69) is 0 Å². The van der Waals surface area contributed by atoms with Crippen molar-refractivity contribution in [2.45, 2.75) is 38.1 Å². The zero-order chi connectivity index (χ0) is 14.4. The summed E-state index contributed by atoms with van der Waals surface area (Å²) in [6.07, 6.45) is 9.06. The molecule has 1 fully saturated rings. The lowest BCUT2D eigenvalue weighted by Gasteiger charge is -2.29. The van der Waals surface area contributed by atoms with E-state index in [0.29, 0.717) is 0 Å². The molecule has 1 atom stereocenters. The largest absolute Gasteiger partial charge is 0.497 e. The highest BCUT2D eigenvalue weighted by Crippen LogP contribution is 2.24. The summed E-state index contributed by atoms with van der Waals surface area (Å²) >= 11 is -1.96. The molecule has 1 unspecified atom stereocenters. The van der Waals surface area contributed by atoms with Gasteiger partial charge in [0.2, 0.25) is 0 Å². The lowest BCUT2D eigenvalue weighted by molar-refractivity contribution is 0.302. The van der Waals surface area contributed by atoms with Gasteiger partial charge in [-0.3, -0.25) is 8.86 Å². The van der Waals surface area contributed by atoms with E-state index in [1.54, 1.807) is 17.6 Å². The topological polar surface area (TPSA) is 49.8 Å². The van der Waals surface area contributed by atoms with E-state index in [4.69, 9.17) is 4.74 Å². The molecule has 1 aromatic rings. The maximum absolute atomic E-state index is 11.5. The maximum Gasteiger partial charge on any atom is 0.261 e. The van der Waals surface area contributed by atoms with Crippen molar-refractivity contribution in [1.82, 2.24) is 4.31 Å². The lowest BCUT2D eigenvalue weighted by atomic mass is 9.96. The Morgan fingerprint density at radius 1 is 1.25 bits per heavy atom. The Labute approximate surface area is 122 Å². The second-order valence-electron chi connectivity index (χ2n) is 4.97. The monoisotopic (exact) mass is 295 g/mol. The van der Waals surface area contributed by atoms with Gasteiger partial charge in [-0.1, -0.05) is 31.4 Å². The molecule has 0 saturated heterocycles. The van der Waals surface area contributed by atoms with E-state index in [-0.39, 0.29) is 6.04 Å². The molecular formula is C15H21NO3S. The Morgan fingerprint density at radius 3 is 2.45 bits per heavy atom. The van der Waals surface area contributed by atoms with Crippen LogP contribution in [0, 0.1) is 0 Å². The average Bonchev–Trinajstić information content (AvgIpc) is 2.49. The number of methoxy groups -OCH3 is 1. The van der Waals surface area contributed by atoms with Crippen molar-refractivity contribution in [3.63, 3.8) is 0 Å². The fraction of sp³-hybridized carbons (Fsp3) is 0.467. The number of hydrogen-bond acceptors (Lipinski definition) is 2. The smallest absolute Gasteiger partial charge is 0.261 e. The number of rotatable bonds is 5. The van der Waals surface area contributed by atoms with Crippen molar-refractivity contribution in [2.24, 2.45) is 0 Å². The minimum absolute atomic E-state index is 0.170. The number of hydrogen-bond donors (Lipinski definition) is 1. The highest BCUT2D eigenvalue weighted by molar-refractivity contribution is 7.76. The Bertz CT molecular complexity index is 467. The SMILES string of the molecule is COc1ccc(C=CN(C2CCCCC2)S(=O)O)cc1. The molecule has 0 radical (unpaired) electrons. The highest BCUT2D eigenvalue weighted by Gasteiger charge is 2.21. The number of ether oxygens (including phenoxy) is 1. The van der Waals surface area contributed by atoms with Crippen molar-refractivity contribution < 1.29 is 13.5 Å². The molecule has 110 valence electrons. The second kappa shape index (κ2) is 7.45. The molecule has 0 bridgehead atoms. The summed E-state index contributed by atoms with van der Waals surface area (Å²) in [6.45, 7) is 0. The molecule has 0 heterocycles. The van der Waals surface area contributed by atoms with Crippen molar-refractivity contribution in [3.05, 3.63) is 36.0 Å². The first-order chi connectivity index (χ1) is 9.70. The third kappa shape index (κ3) is 4.08. The number of nitrogens with zero attached hydrogens (tertiary/aromatic N) is 1. The summed E-state index contributed by atoms with van der Waals surface area (Å²) in [5.41, 5.74) is 0.983. The van der Waals surface area contributed by atoms with Crippen molar-refractivity contribution in [3.8, 4) is 5.75 Å². The summed E-state index contributed by atoms with van der Waals surface area (Å²) in [5.74, 6) is 0.803. The van der Waals surface area contributed by atoms with Gasteiger partial charge in [0.1, 0.15) is 5.75 Å². The van der Waals surface area contributed by atoms with Crippen LogP contribution in [-0.4, -0.2) is 26.2 Å². The molecule has 20 heavy (non-hydrogen) atoms. The van der Waals surface area contributed by atoms with E-state index in [1.165, 1.54) is 6.42 Å². The third-order valence-electron chi connectivity index (χ3n) is 3.64. The van der Waals surface area contributed by atoms with Gasteiger partial charge in [-0.05, 0) is 36.6 Å². The highest BCUT2D eigenvalue weighted by atomic mass is 32.2. The molecule has 5 heteroatoms. The van der Waals surface area contributed by atoms with Gasteiger partial charge in [-0.15, -0.1) is 0 Å². The first kappa shape index (κ1) is 15.1. The average molecular weight is 295 g/mol. The standard InChI is InChI=1S/C15H21NO3S/c1-19-15-9-7-13(8-10-15)11-12-16(20(17)18)14-5-3-2-4-6-14/h7-12,14H,2-6H2,1H3,(H,17,18). The fourth-order valence-electron chi connectivity index (χ4n) is 2.51. The molecule has 0 spiro atoms. The van der Waals surface area contributed by atoms with Crippen LogP contribution in [0.15, 0.2) is 30.5 Å². The molecule has 4 nitrogen and oxygen atoms in total. The molecule has 1 aliphatic rings. The predicted octanol–water partition coefficient (Wildman–Crippen LogP) is 3.44. The van der Waals surface area contributed by atoms with Crippen LogP contribution in [0.5, 0.6) is 5.75 Å². The van der Waals surface area contributed by atoms with Crippen LogP contribution in [0.3, 0.4) is 0 Å². The molecular weight excluding hydrogens is 274 g/mol. The van der Waals surface area contributed by atoms with Gasteiger partial charge in [0.15, 0.2) is 0 Å². The van der Waals surface area contributed by atoms with Crippen LogP contribution in [0.1, 0.15) is 37.7 Å². The molecule has 1 aliphatic carbocycles. The molecule has 0 amide bonds. The first-order valence-corrected chi connectivity index (χ1v) is 7.98. The minimum Gasteiger partial charge on any atom is -0.497 e. The lowest BCUT2D eigenvalue weighted by Crippen LogP contribution is -2.33. The van der Waals surface area contributed by atoms with Crippen LogP contribution in [0.2, 0.25) is 0 Å². The fourth-order valence-corrected chi connectivity index (χ4v) is 3.14. The van der Waals surface area contributed by atoms with Gasteiger partial charge >= 0.3 is 0 Å². The molecule has 0 aromatic heterocycles. The Hall–Kier alpha value is -1.33. The van der Waals surface area contributed by atoms with Crippen LogP contribution in [0.25, 0.3) is 6.08 Å². The summed E-state index contributed by atoms with van der Waals surface area (Å²) in [6, 6.07) is 7.77. The van der Waals surface area contributed by atoms with Gasteiger partial charge in [-0.25, -0.2) is 4.21 Å². The van der Waals surface area contributed by atoms with Crippen molar-refractivity contribution >= 4 is 17.3 Å². The zero-order valence-corrected chi connectivity index (χ0v) is 12.5. The quantitative estimate of drug-likeness (QED) is 0.847. The molecule has 1 saturated carbocycles. The zero-order valence-electron chi connectivity index (χ0n) is 11.7. The third-order valence-corrected chi connectivity index (χ3v) is 4.43. The first-order valence-electron chi connectivity index (χ1n) is 6.92. The summed E-state index contributed by atoms with van der Waals surface area (Å²) < 4.78 is 27.6. The molecule has 1 N–H and O–H groups in total. The second-order valence-corrected chi connectivity index (χ2v) is 5.85. The normalized spacial score (nSPS) is 18.1. The van der Waals surface area contributed by atoms with Crippen LogP contribution in [-0.2, 0) is 11.3 Å². The van der Waals surface area contributed by atoms with E-state index >= 15 is 0 Å². The van der Waals surface area contributed by atoms with Crippen molar-refractivity contribution in [1.29, 1.82) is 0 Å². The molecule has 2 rings (SSSR count). The Balaban J connectivity index is 2.06.